The van der Waals surface area contributed by atoms with Gasteiger partial charge in [-0.1, -0.05) is 30.3 Å². The monoisotopic (exact) mass is 216 g/mol. The second kappa shape index (κ2) is 4.26. The van der Waals surface area contributed by atoms with E-state index in [4.69, 9.17) is 5.73 Å². The largest absolute Gasteiger partial charge is 0.384 e. The van der Waals surface area contributed by atoms with Crippen LogP contribution in [0.2, 0.25) is 0 Å². The lowest BCUT2D eigenvalue weighted by molar-refractivity contribution is 0.884. The molecule has 0 amide bonds. The molecule has 2 aromatic rings. The average Bonchev–Trinajstić information content (AvgIpc) is 2.61. The normalized spacial score (nSPS) is 10.4. The van der Waals surface area contributed by atoms with E-state index in [1.807, 2.05) is 32.2 Å². The van der Waals surface area contributed by atoms with Crippen LogP contribution in [0.1, 0.15) is 11.1 Å². The number of aromatic nitrogens is 2. The van der Waals surface area contributed by atoms with Gasteiger partial charge in [-0.05, 0) is 12.5 Å². The molecule has 0 bridgehead atoms. The first kappa shape index (κ1) is 10.5. The van der Waals surface area contributed by atoms with E-state index in [0.29, 0.717) is 5.82 Å². The van der Waals surface area contributed by atoms with Crippen molar-refractivity contribution in [3.8, 4) is 0 Å². The van der Waals surface area contributed by atoms with Crippen molar-refractivity contribution in [3.05, 3.63) is 41.5 Å². The van der Waals surface area contributed by atoms with Crippen molar-refractivity contribution in [1.29, 1.82) is 0 Å². The molecule has 0 aliphatic heterocycles. The summed E-state index contributed by atoms with van der Waals surface area (Å²) in [5, 5.41) is 6.98. The predicted molar refractivity (Wildman–Crippen MR) is 66.3 cm³/mol. The summed E-state index contributed by atoms with van der Waals surface area (Å²) in [6.45, 7) is 2.79. The SMILES string of the molecule is Cc1c(N(C)Cc2ccccc2)n[nH]c1N. The molecule has 0 aliphatic carbocycles. The quantitative estimate of drug-likeness (QED) is 0.824. The van der Waals surface area contributed by atoms with Crippen LogP contribution in [0.4, 0.5) is 11.6 Å². The summed E-state index contributed by atoms with van der Waals surface area (Å²) < 4.78 is 0. The lowest BCUT2D eigenvalue weighted by Gasteiger charge is -2.17. The fraction of sp³-hybridized carbons (Fsp3) is 0.250. The molecule has 0 radical (unpaired) electrons. The lowest BCUT2D eigenvalue weighted by Crippen LogP contribution is -2.17. The number of nitrogen functional groups attached to an aromatic ring is 1. The highest BCUT2D eigenvalue weighted by Gasteiger charge is 2.10. The molecule has 2 rings (SSSR count). The molecule has 0 spiro atoms. The maximum atomic E-state index is 5.73. The molecule has 0 fully saturated rings. The van der Waals surface area contributed by atoms with Crippen molar-refractivity contribution in [2.24, 2.45) is 0 Å². The van der Waals surface area contributed by atoms with Crippen LogP contribution >= 0.6 is 0 Å². The van der Waals surface area contributed by atoms with Gasteiger partial charge in [-0.15, -0.1) is 0 Å². The van der Waals surface area contributed by atoms with E-state index in [0.717, 1.165) is 17.9 Å². The number of aromatic amines is 1. The number of H-pyrrole nitrogens is 1. The van der Waals surface area contributed by atoms with Gasteiger partial charge in [0.1, 0.15) is 5.82 Å². The maximum absolute atomic E-state index is 5.73. The first-order valence-corrected chi connectivity index (χ1v) is 5.24. The van der Waals surface area contributed by atoms with Gasteiger partial charge in [0.25, 0.3) is 0 Å². The molecule has 0 atom stereocenters. The third-order valence-electron chi connectivity index (χ3n) is 2.65. The number of hydrogen-bond acceptors (Lipinski definition) is 3. The average molecular weight is 216 g/mol. The Kier molecular flexibility index (Phi) is 2.81. The first-order valence-electron chi connectivity index (χ1n) is 5.24. The van der Waals surface area contributed by atoms with Gasteiger partial charge < -0.3 is 10.6 Å². The Morgan fingerprint density at radius 1 is 1.31 bits per heavy atom. The van der Waals surface area contributed by atoms with E-state index in [1.165, 1.54) is 5.56 Å². The van der Waals surface area contributed by atoms with Crippen molar-refractivity contribution in [1.82, 2.24) is 10.2 Å². The second-order valence-electron chi connectivity index (χ2n) is 3.93. The Balaban J connectivity index is 2.15. The summed E-state index contributed by atoms with van der Waals surface area (Å²) in [7, 11) is 2.01. The highest BCUT2D eigenvalue weighted by atomic mass is 15.3. The second-order valence-corrected chi connectivity index (χ2v) is 3.93. The van der Waals surface area contributed by atoms with Gasteiger partial charge >= 0.3 is 0 Å². The van der Waals surface area contributed by atoms with Crippen LogP contribution in [0.25, 0.3) is 0 Å². The van der Waals surface area contributed by atoms with Crippen molar-refractivity contribution >= 4 is 11.6 Å². The molecule has 1 aromatic carbocycles. The van der Waals surface area contributed by atoms with Gasteiger partial charge in [0.2, 0.25) is 0 Å². The molecule has 0 saturated carbocycles. The fourth-order valence-corrected chi connectivity index (χ4v) is 1.71. The summed E-state index contributed by atoms with van der Waals surface area (Å²) in [4.78, 5) is 2.08. The van der Waals surface area contributed by atoms with Crippen LogP contribution in [-0.4, -0.2) is 17.2 Å². The number of nitrogens with zero attached hydrogens (tertiary/aromatic N) is 2. The van der Waals surface area contributed by atoms with Crippen LogP contribution in [0.15, 0.2) is 30.3 Å². The molecule has 0 saturated heterocycles. The highest BCUT2D eigenvalue weighted by Crippen LogP contribution is 2.21. The zero-order chi connectivity index (χ0) is 11.5. The van der Waals surface area contributed by atoms with E-state index in [-0.39, 0.29) is 0 Å². The molecule has 4 nitrogen and oxygen atoms in total. The smallest absolute Gasteiger partial charge is 0.155 e. The van der Waals surface area contributed by atoms with Crippen LogP contribution in [0.5, 0.6) is 0 Å². The Bertz CT molecular complexity index is 461. The van der Waals surface area contributed by atoms with Crippen molar-refractivity contribution in [2.45, 2.75) is 13.5 Å². The highest BCUT2D eigenvalue weighted by molar-refractivity contribution is 5.56. The minimum atomic E-state index is 0.634. The standard InChI is InChI=1S/C12H16N4/c1-9-11(13)14-15-12(9)16(2)8-10-6-4-3-5-7-10/h3-7H,8H2,1-2H3,(H3,13,14,15). The Morgan fingerprint density at radius 3 is 2.56 bits per heavy atom. The van der Waals surface area contributed by atoms with E-state index in [1.54, 1.807) is 0 Å². The number of benzene rings is 1. The van der Waals surface area contributed by atoms with Crippen LogP contribution in [0, 0.1) is 6.92 Å². The zero-order valence-corrected chi connectivity index (χ0v) is 9.57. The van der Waals surface area contributed by atoms with E-state index in [2.05, 4.69) is 27.2 Å². The van der Waals surface area contributed by atoms with Crippen LogP contribution in [0.3, 0.4) is 0 Å². The molecule has 0 aliphatic rings. The summed E-state index contributed by atoms with van der Waals surface area (Å²) in [5.41, 5.74) is 7.98. The number of nitrogens with one attached hydrogen (secondary N) is 1. The minimum absolute atomic E-state index is 0.634. The molecule has 0 unspecified atom stereocenters. The van der Waals surface area contributed by atoms with Gasteiger partial charge in [0.15, 0.2) is 5.82 Å². The van der Waals surface area contributed by atoms with Crippen LogP contribution in [-0.2, 0) is 6.54 Å². The minimum Gasteiger partial charge on any atom is -0.384 e. The van der Waals surface area contributed by atoms with Crippen molar-refractivity contribution in [3.63, 3.8) is 0 Å². The summed E-state index contributed by atoms with van der Waals surface area (Å²) >= 11 is 0. The van der Waals surface area contributed by atoms with E-state index in [9.17, 15) is 0 Å². The maximum Gasteiger partial charge on any atom is 0.155 e. The third-order valence-corrected chi connectivity index (χ3v) is 2.65. The predicted octanol–water partition coefficient (Wildman–Crippen LogP) is 1.94. The molecular weight excluding hydrogens is 200 g/mol. The van der Waals surface area contributed by atoms with Gasteiger partial charge in [-0.25, -0.2) is 0 Å². The summed E-state index contributed by atoms with van der Waals surface area (Å²) in [6, 6.07) is 10.3. The third kappa shape index (κ3) is 2.00. The van der Waals surface area contributed by atoms with E-state index >= 15 is 0 Å². The Morgan fingerprint density at radius 2 is 2.00 bits per heavy atom. The molecule has 1 aromatic heterocycles. The number of anilines is 2. The zero-order valence-electron chi connectivity index (χ0n) is 9.57. The molecule has 16 heavy (non-hydrogen) atoms. The number of rotatable bonds is 3. The molecule has 3 N–H and O–H groups in total. The summed E-state index contributed by atoms with van der Waals surface area (Å²) in [5.74, 6) is 1.54. The van der Waals surface area contributed by atoms with E-state index < -0.39 is 0 Å². The molecule has 1 heterocycles. The number of hydrogen-bond donors (Lipinski definition) is 2. The molecule has 84 valence electrons. The van der Waals surface area contributed by atoms with Crippen molar-refractivity contribution < 1.29 is 0 Å². The molecule has 4 heteroatoms. The van der Waals surface area contributed by atoms with Gasteiger partial charge in [0, 0.05) is 19.2 Å². The first-order chi connectivity index (χ1) is 7.68. The van der Waals surface area contributed by atoms with Gasteiger partial charge in [-0.3, -0.25) is 5.10 Å². The lowest BCUT2D eigenvalue weighted by atomic mass is 10.2. The van der Waals surface area contributed by atoms with Gasteiger partial charge in [-0.2, -0.15) is 5.10 Å². The summed E-state index contributed by atoms with van der Waals surface area (Å²) in [6.07, 6.45) is 0. The van der Waals surface area contributed by atoms with Gasteiger partial charge in [0.05, 0.1) is 0 Å². The topological polar surface area (TPSA) is 57.9 Å². The molecular formula is C12H16N4. The van der Waals surface area contributed by atoms with Crippen molar-refractivity contribution in [2.75, 3.05) is 17.7 Å². The Labute approximate surface area is 95.1 Å². The number of nitrogens with two attached hydrogens (primary N) is 1. The van der Waals surface area contributed by atoms with Crippen LogP contribution < -0.4 is 10.6 Å². The fourth-order valence-electron chi connectivity index (χ4n) is 1.71. The Hall–Kier alpha value is -1.97.